The van der Waals surface area contributed by atoms with Gasteiger partial charge in [-0.3, -0.25) is 4.98 Å². The molecule has 0 aliphatic carbocycles. The third-order valence-corrected chi connectivity index (χ3v) is 5.95. The molecule has 0 bridgehead atoms. The second-order valence-electron chi connectivity index (χ2n) is 6.50. The van der Waals surface area contributed by atoms with E-state index in [0.717, 1.165) is 22.4 Å². The second-order valence-corrected chi connectivity index (χ2v) is 8.27. The van der Waals surface area contributed by atoms with Gasteiger partial charge in [0.25, 0.3) is 0 Å². The fourth-order valence-electron chi connectivity index (χ4n) is 3.06. The zero-order valence-electron chi connectivity index (χ0n) is 15.7. The van der Waals surface area contributed by atoms with Crippen LogP contribution < -0.4 is 4.72 Å². The van der Waals surface area contributed by atoms with Crippen LogP contribution in [0.5, 0.6) is 0 Å². The number of nitrogens with zero attached hydrogens (tertiary/aromatic N) is 2. The van der Waals surface area contributed by atoms with E-state index in [9.17, 15) is 8.42 Å². The molecule has 0 unspecified atom stereocenters. The van der Waals surface area contributed by atoms with Crippen molar-refractivity contribution < 1.29 is 12.9 Å². The van der Waals surface area contributed by atoms with Gasteiger partial charge in [0.05, 0.1) is 22.7 Å². The van der Waals surface area contributed by atoms with Gasteiger partial charge < -0.3 is 4.52 Å². The van der Waals surface area contributed by atoms with Crippen LogP contribution >= 0.6 is 0 Å². The normalized spacial score (nSPS) is 11.5. The maximum absolute atomic E-state index is 12.6. The number of pyridine rings is 1. The number of hydrogen-bond acceptors (Lipinski definition) is 5. The number of hydrogen-bond donors (Lipinski definition) is 1. The first-order valence-electron chi connectivity index (χ1n) is 9.06. The summed E-state index contributed by atoms with van der Waals surface area (Å²) in [5.41, 5.74) is 4.01. The van der Waals surface area contributed by atoms with Crippen molar-refractivity contribution in [3.05, 3.63) is 90.4 Å². The lowest BCUT2D eigenvalue weighted by molar-refractivity contribution is 0.400. The molecule has 0 spiro atoms. The van der Waals surface area contributed by atoms with Crippen LogP contribution in [-0.2, 0) is 16.6 Å². The second kappa shape index (κ2) is 7.98. The molecule has 29 heavy (non-hydrogen) atoms. The molecule has 1 N–H and O–H groups in total. The van der Waals surface area contributed by atoms with E-state index in [0.29, 0.717) is 11.5 Å². The molecule has 4 aromatic rings. The van der Waals surface area contributed by atoms with Crippen LogP contribution in [0.4, 0.5) is 0 Å². The van der Waals surface area contributed by atoms with E-state index in [1.54, 1.807) is 42.6 Å². The van der Waals surface area contributed by atoms with Gasteiger partial charge in [0.15, 0.2) is 0 Å². The smallest absolute Gasteiger partial charge is 0.240 e. The Morgan fingerprint density at radius 1 is 0.897 bits per heavy atom. The van der Waals surface area contributed by atoms with E-state index in [-0.39, 0.29) is 11.4 Å². The summed E-state index contributed by atoms with van der Waals surface area (Å²) in [6.45, 7) is 1.97. The molecule has 2 heterocycles. The van der Waals surface area contributed by atoms with Crippen molar-refractivity contribution in [3.63, 3.8) is 0 Å². The van der Waals surface area contributed by atoms with E-state index in [1.807, 2.05) is 43.3 Å². The minimum absolute atomic E-state index is 0.133. The van der Waals surface area contributed by atoms with E-state index in [4.69, 9.17) is 4.52 Å². The molecule has 2 aromatic carbocycles. The van der Waals surface area contributed by atoms with E-state index in [2.05, 4.69) is 14.9 Å². The molecule has 0 aliphatic heterocycles. The number of sulfonamides is 1. The predicted octanol–water partition coefficient (Wildman–Crippen LogP) is 4.19. The van der Waals surface area contributed by atoms with Gasteiger partial charge in [0, 0.05) is 11.8 Å². The molecule has 0 aliphatic rings. The Kier molecular flexibility index (Phi) is 5.24. The van der Waals surface area contributed by atoms with Gasteiger partial charge in [-0.25, -0.2) is 13.1 Å². The Morgan fingerprint density at radius 3 is 2.31 bits per heavy atom. The topological polar surface area (TPSA) is 85.1 Å². The first-order valence-corrected chi connectivity index (χ1v) is 10.5. The van der Waals surface area contributed by atoms with Crippen molar-refractivity contribution in [2.75, 3.05) is 0 Å². The lowest BCUT2D eigenvalue weighted by Crippen LogP contribution is -2.23. The highest BCUT2D eigenvalue weighted by Gasteiger charge is 2.18. The zero-order chi connectivity index (χ0) is 20.3. The van der Waals surface area contributed by atoms with Crippen LogP contribution in [-0.4, -0.2) is 18.6 Å². The maximum atomic E-state index is 12.6. The summed E-state index contributed by atoms with van der Waals surface area (Å²) in [7, 11) is -3.65. The van der Waals surface area contributed by atoms with Gasteiger partial charge in [-0.15, -0.1) is 0 Å². The lowest BCUT2D eigenvalue weighted by atomic mass is 10.00. The van der Waals surface area contributed by atoms with Gasteiger partial charge in [-0.1, -0.05) is 53.7 Å². The molecule has 0 radical (unpaired) electrons. The Morgan fingerprint density at radius 2 is 1.62 bits per heavy atom. The van der Waals surface area contributed by atoms with Crippen molar-refractivity contribution in [2.45, 2.75) is 18.4 Å². The number of nitrogens with one attached hydrogen (secondary N) is 1. The molecule has 0 atom stereocenters. The Bertz CT molecular complexity index is 1200. The van der Waals surface area contributed by atoms with Crippen LogP contribution in [0.25, 0.3) is 22.4 Å². The highest BCUT2D eigenvalue weighted by Crippen LogP contribution is 2.34. The summed E-state index contributed by atoms with van der Waals surface area (Å²) >= 11 is 0. The van der Waals surface area contributed by atoms with Gasteiger partial charge >= 0.3 is 0 Å². The minimum atomic E-state index is -3.65. The number of rotatable bonds is 6. The number of benzene rings is 2. The van der Waals surface area contributed by atoms with E-state index < -0.39 is 10.0 Å². The molecular weight excluding hydrogens is 386 g/mol. The van der Waals surface area contributed by atoms with Crippen molar-refractivity contribution in [1.82, 2.24) is 14.9 Å². The molecule has 7 heteroatoms. The Balaban J connectivity index is 1.60. The SMILES string of the molecule is Cc1onc(-c2ccccc2)c1-c1ccc(S(=O)(=O)NCc2ccccn2)cc1. The van der Waals surface area contributed by atoms with Crippen molar-refractivity contribution in [1.29, 1.82) is 0 Å². The predicted molar refractivity (Wildman–Crippen MR) is 110 cm³/mol. The van der Waals surface area contributed by atoms with Crippen LogP contribution in [0.1, 0.15) is 11.5 Å². The highest BCUT2D eigenvalue weighted by molar-refractivity contribution is 7.89. The van der Waals surface area contributed by atoms with Gasteiger partial charge in [-0.2, -0.15) is 0 Å². The fraction of sp³-hybridized carbons (Fsp3) is 0.0909. The first kappa shape index (κ1) is 19.0. The van der Waals surface area contributed by atoms with Crippen LogP contribution in [0, 0.1) is 6.92 Å². The molecule has 146 valence electrons. The quantitative estimate of drug-likeness (QED) is 0.520. The average molecular weight is 405 g/mol. The van der Waals surface area contributed by atoms with E-state index in [1.165, 1.54) is 0 Å². The van der Waals surface area contributed by atoms with Crippen LogP contribution in [0.15, 0.2) is 88.4 Å². The molecule has 0 fully saturated rings. The van der Waals surface area contributed by atoms with Crippen molar-refractivity contribution in [2.24, 2.45) is 0 Å². The summed E-state index contributed by atoms with van der Waals surface area (Å²) < 4.78 is 33.2. The third kappa shape index (κ3) is 4.11. The fourth-order valence-corrected chi connectivity index (χ4v) is 4.06. The van der Waals surface area contributed by atoms with Gasteiger partial charge in [0.1, 0.15) is 11.5 Å². The zero-order valence-corrected chi connectivity index (χ0v) is 16.6. The van der Waals surface area contributed by atoms with Crippen LogP contribution in [0.2, 0.25) is 0 Å². The maximum Gasteiger partial charge on any atom is 0.240 e. The third-order valence-electron chi connectivity index (χ3n) is 4.53. The molecule has 0 saturated heterocycles. The standard InChI is InChI=1S/C22H19N3O3S/c1-16-21(22(25-28-16)18-7-3-2-4-8-18)17-10-12-20(13-11-17)29(26,27)24-15-19-9-5-6-14-23-19/h2-14,24H,15H2,1H3. The molecule has 2 aromatic heterocycles. The Labute approximate surface area is 169 Å². The van der Waals surface area contributed by atoms with Gasteiger partial charge in [-0.05, 0) is 36.8 Å². The first-order chi connectivity index (χ1) is 14.0. The largest absolute Gasteiger partial charge is 0.360 e. The molecular formula is C22H19N3O3S. The molecule has 0 amide bonds. The lowest BCUT2D eigenvalue weighted by Gasteiger charge is -2.08. The summed E-state index contributed by atoms with van der Waals surface area (Å²) in [4.78, 5) is 4.31. The number of aryl methyl sites for hydroxylation is 1. The summed E-state index contributed by atoms with van der Waals surface area (Å²) in [5.74, 6) is 0.674. The monoisotopic (exact) mass is 405 g/mol. The summed E-state index contributed by atoms with van der Waals surface area (Å²) in [5, 5.41) is 4.18. The summed E-state index contributed by atoms with van der Waals surface area (Å²) in [6.07, 6.45) is 1.63. The summed E-state index contributed by atoms with van der Waals surface area (Å²) in [6, 6.07) is 21.8. The Hall–Kier alpha value is -3.29. The molecule has 0 saturated carbocycles. The number of aromatic nitrogens is 2. The molecule has 4 rings (SSSR count). The van der Waals surface area contributed by atoms with Crippen LogP contribution in [0.3, 0.4) is 0 Å². The molecule has 6 nitrogen and oxygen atoms in total. The van der Waals surface area contributed by atoms with Crippen molar-refractivity contribution >= 4 is 10.0 Å². The highest BCUT2D eigenvalue weighted by atomic mass is 32.2. The van der Waals surface area contributed by atoms with Gasteiger partial charge in [0.2, 0.25) is 10.0 Å². The minimum Gasteiger partial charge on any atom is -0.360 e. The van der Waals surface area contributed by atoms with Crippen molar-refractivity contribution in [3.8, 4) is 22.4 Å². The average Bonchev–Trinajstić information content (AvgIpc) is 3.15. The van der Waals surface area contributed by atoms with E-state index >= 15 is 0 Å².